The molecule has 1 aliphatic rings. The summed E-state index contributed by atoms with van der Waals surface area (Å²) in [5.41, 5.74) is 5.95. The van der Waals surface area contributed by atoms with E-state index in [9.17, 15) is 0 Å². The van der Waals surface area contributed by atoms with Crippen LogP contribution in [0, 0.1) is 18.3 Å². The van der Waals surface area contributed by atoms with Gasteiger partial charge in [0.2, 0.25) is 0 Å². The summed E-state index contributed by atoms with van der Waals surface area (Å²) >= 11 is 1.73. The van der Waals surface area contributed by atoms with Crippen molar-refractivity contribution in [3.63, 3.8) is 0 Å². The average molecular weight is 239 g/mol. The van der Waals surface area contributed by atoms with Crippen LogP contribution in [0.5, 0.6) is 0 Å². The minimum atomic E-state index is 0.702. The lowest BCUT2D eigenvalue weighted by atomic mass is 10.0. The van der Waals surface area contributed by atoms with Crippen molar-refractivity contribution in [2.45, 2.75) is 19.8 Å². The largest absolute Gasteiger partial charge is 0.370 e. The molecule has 0 spiro atoms. The normalized spacial score (nSPS) is 21.9. The molecular formula is C12H21N3S. The second-order valence-corrected chi connectivity index (χ2v) is 5.30. The molecule has 1 aliphatic heterocycles. The zero-order valence-corrected chi connectivity index (χ0v) is 10.8. The summed E-state index contributed by atoms with van der Waals surface area (Å²) in [4.78, 5) is 6.58. The van der Waals surface area contributed by atoms with Gasteiger partial charge in [-0.15, -0.1) is 18.2 Å². The number of likely N-dealkylation sites (tertiary alicyclic amines) is 1. The lowest BCUT2D eigenvalue weighted by molar-refractivity contribution is 0.270. The van der Waals surface area contributed by atoms with E-state index in [1.165, 1.54) is 12.8 Å². The first-order chi connectivity index (χ1) is 7.74. The quantitative estimate of drug-likeness (QED) is 0.349. The van der Waals surface area contributed by atoms with Crippen molar-refractivity contribution >= 4 is 17.7 Å². The van der Waals surface area contributed by atoms with Gasteiger partial charge in [0.1, 0.15) is 0 Å². The number of rotatable bonds is 4. The third kappa shape index (κ3) is 4.80. The van der Waals surface area contributed by atoms with Crippen LogP contribution in [0.3, 0.4) is 0 Å². The van der Waals surface area contributed by atoms with E-state index >= 15 is 0 Å². The van der Waals surface area contributed by atoms with Gasteiger partial charge in [-0.3, -0.25) is 4.99 Å². The Labute approximate surface area is 103 Å². The number of guanidine groups is 1. The molecule has 0 aromatic carbocycles. The summed E-state index contributed by atoms with van der Waals surface area (Å²) in [6.07, 6.45) is 7.70. The monoisotopic (exact) mass is 239 g/mol. The third-order valence-electron chi connectivity index (χ3n) is 2.68. The molecular weight excluding hydrogens is 218 g/mol. The van der Waals surface area contributed by atoms with Gasteiger partial charge in [0.25, 0.3) is 0 Å². The molecule has 0 aromatic heterocycles. The predicted molar refractivity (Wildman–Crippen MR) is 72.6 cm³/mol. The topological polar surface area (TPSA) is 41.6 Å². The smallest absolute Gasteiger partial charge is 0.191 e. The van der Waals surface area contributed by atoms with E-state index in [1.807, 2.05) is 0 Å². The molecule has 90 valence electrons. The summed E-state index contributed by atoms with van der Waals surface area (Å²) in [6.45, 7) is 5.13. The van der Waals surface area contributed by atoms with Gasteiger partial charge in [-0.1, -0.05) is 12.8 Å². The van der Waals surface area contributed by atoms with Crippen LogP contribution >= 0.6 is 11.8 Å². The Balaban J connectivity index is 2.24. The van der Waals surface area contributed by atoms with Gasteiger partial charge < -0.3 is 10.6 Å². The van der Waals surface area contributed by atoms with E-state index < -0.39 is 0 Å². The van der Waals surface area contributed by atoms with Gasteiger partial charge in [0, 0.05) is 18.8 Å². The number of nitrogens with two attached hydrogens (primary N) is 1. The molecule has 0 amide bonds. The van der Waals surface area contributed by atoms with Crippen LogP contribution in [-0.2, 0) is 0 Å². The molecule has 0 saturated carbocycles. The van der Waals surface area contributed by atoms with E-state index in [-0.39, 0.29) is 0 Å². The highest BCUT2D eigenvalue weighted by molar-refractivity contribution is 7.99. The fraction of sp³-hybridized carbons (Fsp3) is 0.750. The summed E-state index contributed by atoms with van der Waals surface area (Å²) in [5, 5.41) is 0. The third-order valence-corrected chi connectivity index (χ3v) is 3.52. The lowest BCUT2D eigenvalue weighted by Gasteiger charge is -2.31. The molecule has 0 aromatic rings. The van der Waals surface area contributed by atoms with Crippen LogP contribution in [0.4, 0.5) is 0 Å². The number of terminal acetylenes is 1. The highest BCUT2D eigenvalue weighted by Crippen LogP contribution is 2.14. The SMILES string of the molecule is C#CCSCCN=C(N)N1CCCC(C)C1. The average Bonchev–Trinajstić information content (AvgIpc) is 2.28. The fourth-order valence-electron chi connectivity index (χ4n) is 1.85. The van der Waals surface area contributed by atoms with Gasteiger partial charge in [-0.2, -0.15) is 0 Å². The summed E-state index contributed by atoms with van der Waals surface area (Å²) in [6, 6.07) is 0. The van der Waals surface area contributed by atoms with Crippen molar-refractivity contribution < 1.29 is 0 Å². The molecule has 0 aliphatic carbocycles. The number of hydrogen-bond donors (Lipinski definition) is 1. The Kier molecular flexibility index (Phi) is 6.17. The van der Waals surface area contributed by atoms with Crippen molar-refractivity contribution in [3.05, 3.63) is 0 Å². The summed E-state index contributed by atoms with van der Waals surface area (Å²) < 4.78 is 0. The van der Waals surface area contributed by atoms with Crippen LogP contribution in [0.1, 0.15) is 19.8 Å². The number of nitrogens with zero attached hydrogens (tertiary/aromatic N) is 2. The summed E-state index contributed by atoms with van der Waals surface area (Å²) in [5.74, 6) is 5.75. The Morgan fingerprint density at radius 1 is 1.69 bits per heavy atom. The van der Waals surface area contributed by atoms with E-state index in [4.69, 9.17) is 12.2 Å². The van der Waals surface area contributed by atoms with Crippen molar-refractivity contribution in [1.29, 1.82) is 0 Å². The van der Waals surface area contributed by atoms with Crippen molar-refractivity contribution in [2.24, 2.45) is 16.6 Å². The van der Waals surface area contributed by atoms with E-state index in [0.717, 1.165) is 37.1 Å². The molecule has 1 atom stereocenters. The maximum atomic E-state index is 5.95. The van der Waals surface area contributed by atoms with E-state index in [2.05, 4.69) is 22.7 Å². The van der Waals surface area contributed by atoms with Gasteiger partial charge >= 0.3 is 0 Å². The molecule has 4 heteroatoms. The Hall–Kier alpha value is -0.820. The Morgan fingerprint density at radius 3 is 3.19 bits per heavy atom. The highest BCUT2D eigenvalue weighted by atomic mass is 32.2. The van der Waals surface area contributed by atoms with Gasteiger partial charge in [-0.25, -0.2) is 0 Å². The second kappa shape index (κ2) is 7.45. The minimum absolute atomic E-state index is 0.702. The first-order valence-electron chi connectivity index (χ1n) is 5.80. The van der Waals surface area contributed by atoms with Crippen LogP contribution in [0.25, 0.3) is 0 Å². The van der Waals surface area contributed by atoms with Crippen LogP contribution in [0.2, 0.25) is 0 Å². The molecule has 1 fully saturated rings. The number of aliphatic imine (C=N–C) groups is 1. The zero-order valence-electron chi connectivity index (χ0n) is 9.98. The van der Waals surface area contributed by atoms with Gasteiger partial charge in [0.15, 0.2) is 5.96 Å². The lowest BCUT2D eigenvalue weighted by Crippen LogP contribution is -2.43. The van der Waals surface area contributed by atoms with Crippen molar-refractivity contribution in [1.82, 2.24) is 4.90 Å². The number of thioether (sulfide) groups is 1. The molecule has 0 bridgehead atoms. The van der Waals surface area contributed by atoms with Gasteiger partial charge in [-0.05, 0) is 18.8 Å². The molecule has 1 rings (SSSR count). The molecule has 1 unspecified atom stereocenters. The predicted octanol–water partition coefficient (Wildman–Crippen LogP) is 1.40. The standard InChI is InChI=1S/C12H21N3S/c1-3-8-16-9-6-14-12(13)15-7-4-5-11(2)10-15/h1,11H,4-10H2,2H3,(H2,13,14). The van der Waals surface area contributed by atoms with Crippen LogP contribution in [0.15, 0.2) is 4.99 Å². The van der Waals surface area contributed by atoms with Crippen LogP contribution in [-0.4, -0.2) is 42.0 Å². The zero-order chi connectivity index (χ0) is 11.8. The molecule has 16 heavy (non-hydrogen) atoms. The van der Waals surface area contributed by atoms with E-state index in [0.29, 0.717) is 5.96 Å². The maximum Gasteiger partial charge on any atom is 0.191 e. The second-order valence-electron chi connectivity index (χ2n) is 4.19. The van der Waals surface area contributed by atoms with E-state index in [1.54, 1.807) is 11.8 Å². The number of hydrogen-bond acceptors (Lipinski definition) is 2. The fourth-order valence-corrected chi connectivity index (χ4v) is 2.34. The Morgan fingerprint density at radius 2 is 2.50 bits per heavy atom. The number of piperidine rings is 1. The summed E-state index contributed by atoms with van der Waals surface area (Å²) in [7, 11) is 0. The van der Waals surface area contributed by atoms with Crippen molar-refractivity contribution in [2.75, 3.05) is 31.1 Å². The van der Waals surface area contributed by atoms with Crippen molar-refractivity contribution in [3.8, 4) is 12.3 Å². The van der Waals surface area contributed by atoms with Gasteiger partial charge in [0.05, 0.1) is 12.3 Å². The first kappa shape index (κ1) is 13.2. The molecule has 1 heterocycles. The molecule has 1 saturated heterocycles. The molecule has 2 N–H and O–H groups in total. The first-order valence-corrected chi connectivity index (χ1v) is 6.95. The highest BCUT2D eigenvalue weighted by Gasteiger charge is 2.17. The molecule has 3 nitrogen and oxygen atoms in total. The maximum absolute atomic E-state index is 5.95. The minimum Gasteiger partial charge on any atom is -0.370 e. The Bertz CT molecular complexity index is 270. The van der Waals surface area contributed by atoms with Crippen LogP contribution < -0.4 is 5.73 Å². The molecule has 0 radical (unpaired) electrons.